The van der Waals surface area contributed by atoms with Gasteiger partial charge in [-0.3, -0.25) is 0 Å². The molecule has 0 unspecified atom stereocenters. The number of carboxylic acids is 1. The number of ether oxygens (including phenoxy) is 1. The number of carbonyl (C=O) groups is 2. The van der Waals surface area contributed by atoms with Gasteiger partial charge in [-0.1, -0.05) is 0 Å². The molecule has 0 aromatic heterocycles. The molecular formula is C13H23NO5. The van der Waals surface area contributed by atoms with E-state index in [2.05, 4.69) is 11.3 Å². The van der Waals surface area contributed by atoms with Gasteiger partial charge < -0.3 is 19.8 Å². The van der Waals surface area contributed by atoms with Crippen LogP contribution in [-0.4, -0.2) is 46.7 Å². The molecule has 0 aliphatic carbocycles. The van der Waals surface area contributed by atoms with Crippen molar-refractivity contribution in [3.63, 3.8) is 0 Å². The molecule has 0 rings (SSSR count). The topological polar surface area (TPSA) is 87.1 Å². The SMILES string of the molecule is C=C(O)C(=O)OCC.CCN(C=C(C)C(=O)O)CC. The van der Waals surface area contributed by atoms with Crippen LogP contribution in [0.15, 0.2) is 24.1 Å². The quantitative estimate of drug-likeness (QED) is 0.437. The molecule has 0 bridgehead atoms. The van der Waals surface area contributed by atoms with Crippen molar-refractivity contribution in [2.45, 2.75) is 27.7 Å². The van der Waals surface area contributed by atoms with Crippen molar-refractivity contribution in [1.82, 2.24) is 4.90 Å². The van der Waals surface area contributed by atoms with E-state index in [-0.39, 0.29) is 6.61 Å². The molecule has 2 N–H and O–H groups in total. The lowest BCUT2D eigenvalue weighted by molar-refractivity contribution is -0.141. The number of aliphatic hydroxyl groups excluding tert-OH is 1. The molecule has 110 valence electrons. The number of hydrogen-bond acceptors (Lipinski definition) is 5. The Morgan fingerprint density at radius 1 is 1.21 bits per heavy atom. The van der Waals surface area contributed by atoms with Crippen LogP contribution in [0.2, 0.25) is 0 Å². The van der Waals surface area contributed by atoms with E-state index in [4.69, 9.17) is 10.2 Å². The zero-order chi connectivity index (χ0) is 15.4. The standard InChI is InChI=1S/C8H15NO2.C5H8O3/c1-4-9(5-2)6-7(3)8(10)11;1-3-8-5(7)4(2)6/h6H,4-5H2,1-3H3,(H,10,11);6H,2-3H2,1H3. The lowest BCUT2D eigenvalue weighted by Gasteiger charge is -2.15. The molecule has 0 aliphatic rings. The van der Waals surface area contributed by atoms with Crippen LogP contribution in [0.3, 0.4) is 0 Å². The summed E-state index contributed by atoms with van der Waals surface area (Å²) in [6.45, 7) is 12.2. The summed E-state index contributed by atoms with van der Waals surface area (Å²) >= 11 is 0. The molecule has 0 amide bonds. The minimum atomic E-state index is -0.850. The summed E-state index contributed by atoms with van der Waals surface area (Å²) in [6.07, 6.45) is 1.67. The summed E-state index contributed by atoms with van der Waals surface area (Å²) in [4.78, 5) is 22.5. The number of carboxylic acid groups (broad SMARTS) is 1. The van der Waals surface area contributed by atoms with Crippen LogP contribution in [0.1, 0.15) is 27.7 Å². The molecule has 0 saturated heterocycles. The van der Waals surface area contributed by atoms with E-state index in [0.29, 0.717) is 5.57 Å². The van der Waals surface area contributed by atoms with E-state index in [1.54, 1.807) is 20.0 Å². The number of aliphatic carboxylic acids is 1. The molecule has 0 saturated carbocycles. The Balaban J connectivity index is 0. The molecule has 0 atom stereocenters. The third kappa shape index (κ3) is 10.9. The van der Waals surface area contributed by atoms with Crippen molar-refractivity contribution >= 4 is 11.9 Å². The Hall–Kier alpha value is -1.98. The summed E-state index contributed by atoms with van der Waals surface area (Å²) in [5.41, 5.74) is 0.383. The van der Waals surface area contributed by atoms with Crippen molar-refractivity contribution in [2.24, 2.45) is 0 Å². The first kappa shape index (κ1) is 19.4. The van der Waals surface area contributed by atoms with Crippen molar-refractivity contribution < 1.29 is 24.5 Å². The first-order chi connectivity index (χ1) is 8.79. The van der Waals surface area contributed by atoms with E-state index in [1.165, 1.54) is 0 Å². The second kappa shape index (κ2) is 11.1. The Labute approximate surface area is 114 Å². The van der Waals surface area contributed by atoms with Crippen molar-refractivity contribution in [3.8, 4) is 0 Å². The molecule has 0 radical (unpaired) electrons. The molecule has 6 heteroatoms. The number of nitrogens with zero attached hydrogens (tertiary/aromatic N) is 1. The number of rotatable bonds is 6. The van der Waals surface area contributed by atoms with Gasteiger partial charge in [0.25, 0.3) is 0 Å². The van der Waals surface area contributed by atoms with Crippen molar-refractivity contribution in [1.29, 1.82) is 0 Å². The Morgan fingerprint density at radius 3 is 1.89 bits per heavy atom. The van der Waals surface area contributed by atoms with Gasteiger partial charge in [-0.05, 0) is 34.3 Å². The summed E-state index contributed by atoms with van der Waals surface area (Å²) in [5.74, 6) is -2.16. The lowest BCUT2D eigenvalue weighted by atomic mass is 10.3. The highest BCUT2D eigenvalue weighted by Crippen LogP contribution is 1.96. The Bertz CT molecular complexity index is 332. The second-order valence-electron chi connectivity index (χ2n) is 3.51. The largest absolute Gasteiger partial charge is 0.502 e. The van der Waals surface area contributed by atoms with Gasteiger partial charge in [-0.15, -0.1) is 0 Å². The predicted octanol–water partition coefficient (Wildman–Crippen LogP) is 1.94. The predicted molar refractivity (Wildman–Crippen MR) is 72.7 cm³/mol. The van der Waals surface area contributed by atoms with Crippen LogP contribution in [0, 0.1) is 0 Å². The molecule has 0 spiro atoms. The van der Waals surface area contributed by atoms with Crippen LogP contribution in [0.5, 0.6) is 0 Å². The highest BCUT2D eigenvalue weighted by Gasteiger charge is 2.02. The fourth-order valence-corrected chi connectivity index (χ4v) is 0.950. The van der Waals surface area contributed by atoms with Gasteiger partial charge in [-0.25, -0.2) is 9.59 Å². The molecule has 6 nitrogen and oxygen atoms in total. The van der Waals surface area contributed by atoms with Gasteiger partial charge in [0, 0.05) is 24.9 Å². The molecular weight excluding hydrogens is 250 g/mol. The zero-order valence-electron chi connectivity index (χ0n) is 12.0. The number of esters is 1. The van der Waals surface area contributed by atoms with E-state index in [9.17, 15) is 9.59 Å². The third-order valence-electron chi connectivity index (χ3n) is 2.04. The molecule has 0 aromatic carbocycles. The third-order valence-corrected chi connectivity index (χ3v) is 2.04. The highest BCUT2D eigenvalue weighted by atomic mass is 16.5. The lowest BCUT2D eigenvalue weighted by Crippen LogP contribution is -2.17. The monoisotopic (exact) mass is 273 g/mol. The summed E-state index contributed by atoms with van der Waals surface area (Å²) in [6, 6.07) is 0. The Kier molecular flexibility index (Phi) is 11.3. The van der Waals surface area contributed by atoms with Gasteiger partial charge in [0.15, 0.2) is 5.76 Å². The van der Waals surface area contributed by atoms with Crippen LogP contribution in [0.4, 0.5) is 0 Å². The van der Waals surface area contributed by atoms with E-state index in [0.717, 1.165) is 13.1 Å². The average molecular weight is 273 g/mol. The van der Waals surface area contributed by atoms with Crippen LogP contribution in [-0.2, 0) is 14.3 Å². The van der Waals surface area contributed by atoms with E-state index >= 15 is 0 Å². The first-order valence-electron chi connectivity index (χ1n) is 6.00. The number of carbonyl (C=O) groups excluding carboxylic acids is 1. The fourth-order valence-electron chi connectivity index (χ4n) is 0.950. The smallest absolute Gasteiger partial charge is 0.372 e. The summed E-state index contributed by atoms with van der Waals surface area (Å²) < 4.78 is 4.31. The Morgan fingerprint density at radius 2 is 1.68 bits per heavy atom. The number of hydrogen-bond donors (Lipinski definition) is 2. The van der Waals surface area contributed by atoms with Crippen LogP contribution in [0.25, 0.3) is 0 Å². The maximum atomic E-state index is 10.4. The van der Waals surface area contributed by atoms with Crippen LogP contribution >= 0.6 is 0 Å². The zero-order valence-corrected chi connectivity index (χ0v) is 12.0. The average Bonchev–Trinajstić information content (AvgIpc) is 2.36. The molecule has 0 fully saturated rings. The summed E-state index contributed by atoms with van der Waals surface area (Å²) in [7, 11) is 0. The first-order valence-corrected chi connectivity index (χ1v) is 6.00. The fraction of sp³-hybridized carbons (Fsp3) is 0.538. The minimum absolute atomic E-state index is 0.262. The van der Waals surface area contributed by atoms with Gasteiger partial charge in [0.05, 0.1) is 6.61 Å². The van der Waals surface area contributed by atoms with E-state index < -0.39 is 17.7 Å². The maximum Gasteiger partial charge on any atom is 0.372 e. The van der Waals surface area contributed by atoms with Crippen LogP contribution < -0.4 is 0 Å². The van der Waals surface area contributed by atoms with Gasteiger partial charge in [-0.2, -0.15) is 0 Å². The highest BCUT2D eigenvalue weighted by molar-refractivity contribution is 5.85. The molecule has 0 aliphatic heterocycles. The normalized spacial score (nSPS) is 10.0. The van der Waals surface area contributed by atoms with Crippen molar-refractivity contribution in [3.05, 3.63) is 24.1 Å². The van der Waals surface area contributed by atoms with Gasteiger partial charge in [0.2, 0.25) is 0 Å². The number of aliphatic hydroxyl groups is 1. The molecule has 0 aromatic rings. The van der Waals surface area contributed by atoms with E-state index in [1.807, 2.05) is 18.7 Å². The maximum absolute atomic E-state index is 10.4. The van der Waals surface area contributed by atoms with Gasteiger partial charge >= 0.3 is 11.9 Å². The van der Waals surface area contributed by atoms with Gasteiger partial charge in [0.1, 0.15) is 0 Å². The summed E-state index contributed by atoms with van der Waals surface area (Å²) in [5, 5.41) is 16.8. The van der Waals surface area contributed by atoms with Crippen molar-refractivity contribution in [2.75, 3.05) is 19.7 Å². The second-order valence-corrected chi connectivity index (χ2v) is 3.51. The molecule has 0 heterocycles. The minimum Gasteiger partial charge on any atom is -0.502 e. The molecule has 19 heavy (non-hydrogen) atoms.